The molecule has 12 heavy (non-hydrogen) atoms. The van der Waals surface area contributed by atoms with Crippen LogP contribution in [-0.2, 0) is 9.84 Å². The van der Waals surface area contributed by atoms with E-state index in [0.29, 0.717) is 5.57 Å². The summed E-state index contributed by atoms with van der Waals surface area (Å²) in [6, 6.07) is 0. The van der Waals surface area contributed by atoms with E-state index in [4.69, 9.17) is 5.73 Å². The molecule has 0 heterocycles. The lowest BCUT2D eigenvalue weighted by Gasteiger charge is -2.01. The molecule has 0 fully saturated rings. The molecule has 2 N–H and O–H groups in total. The molecule has 0 aliphatic heterocycles. The van der Waals surface area contributed by atoms with E-state index in [1.807, 2.05) is 0 Å². The summed E-state index contributed by atoms with van der Waals surface area (Å²) in [6.07, 6.45) is 0.255. The first-order chi connectivity index (χ1) is 5.33. The third-order valence-corrected chi connectivity index (χ3v) is 3.09. The molecule has 0 rings (SSSR count). The van der Waals surface area contributed by atoms with Crippen molar-refractivity contribution >= 4 is 27.0 Å². The molecule has 0 amide bonds. The SMILES string of the molecule is C=C(C)CS(=O)(=O)CCC(N)=S. The second kappa shape index (κ2) is 4.57. The number of rotatable bonds is 5. The summed E-state index contributed by atoms with van der Waals surface area (Å²) in [5.41, 5.74) is 5.81. The normalized spacial score (nSPS) is 11.1. The van der Waals surface area contributed by atoms with E-state index in [2.05, 4.69) is 18.8 Å². The number of thiocarbonyl (C=S) groups is 1. The minimum Gasteiger partial charge on any atom is -0.393 e. The van der Waals surface area contributed by atoms with Crippen LogP contribution >= 0.6 is 12.2 Å². The molecule has 5 heteroatoms. The second-order valence-electron chi connectivity index (χ2n) is 2.77. The third kappa shape index (κ3) is 6.30. The Hall–Kier alpha value is -0.420. The molecule has 0 radical (unpaired) electrons. The van der Waals surface area contributed by atoms with Crippen molar-refractivity contribution in [1.82, 2.24) is 0 Å². The van der Waals surface area contributed by atoms with Crippen LogP contribution in [0, 0.1) is 0 Å². The maximum Gasteiger partial charge on any atom is 0.154 e. The molecule has 0 saturated carbocycles. The number of sulfone groups is 1. The third-order valence-electron chi connectivity index (χ3n) is 1.13. The smallest absolute Gasteiger partial charge is 0.154 e. The van der Waals surface area contributed by atoms with Crippen molar-refractivity contribution in [2.45, 2.75) is 13.3 Å². The Morgan fingerprint density at radius 3 is 2.42 bits per heavy atom. The molecule has 70 valence electrons. The van der Waals surface area contributed by atoms with Crippen LogP contribution in [0.1, 0.15) is 13.3 Å². The van der Waals surface area contributed by atoms with Crippen molar-refractivity contribution in [2.24, 2.45) is 5.73 Å². The summed E-state index contributed by atoms with van der Waals surface area (Å²) in [7, 11) is -3.04. The topological polar surface area (TPSA) is 60.2 Å². The lowest BCUT2D eigenvalue weighted by molar-refractivity contribution is 0.598. The molecule has 0 saturated heterocycles. The van der Waals surface area contributed by atoms with Crippen LogP contribution in [0.2, 0.25) is 0 Å². The van der Waals surface area contributed by atoms with Gasteiger partial charge in [0.05, 0.1) is 16.5 Å². The van der Waals surface area contributed by atoms with Gasteiger partial charge in [-0.05, 0) is 6.92 Å². The number of nitrogens with two attached hydrogens (primary N) is 1. The van der Waals surface area contributed by atoms with Crippen molar-refractivity contribution < 1.29 is 8.42 Å². The second-order valence-corrected chi connectivity index (χ2v) is 5.47. The minimum atomic E-state index is -3.04. The molecular formula is C7H13NO2S2. The predicted molar refractivity (Wildman–Crippen MR) is 54.9 cm³/mol. The zero-order valence-electron chi connectivity index (χ0n) is 7.04. The van der Waals surface area contributed by atoms with Crippen molar-refractivity contribution in [3.63, 3.8) is 0 Å². The van der Waals surface area contributed by atoms with E-state index in [-0.39, 0.29) is 22.9 Å². The lowest BCUT2D eigenvalue weighted by Crippen LogP contribution is -2.17. The average molecular weight is 207 g/mol. The summed E-state index contributed by atoms with van der Waals surface area (Å²) < 4.78 is 22.3. The summed E-state index contributed by atoms with van der Waals surface area (Å²) in [5.74, 6) is 0.0464. The molecule has 0 aromatic rings. The minimum absolute atomic E-state index is 0.0230. The predicted octanol–water partition coefficient (Wildman–Crippen LogP) is 0.654. The van der Waals surface area contributed by atoms with Crippen molar-refractivity contribution in [3.05, 3.63) is 12.2 Å². The largest absolute Gasteiger partial charge is 0.393 e. The molecule has 0 aliphatic carbocycles. The van der Waals surface area contributed by atoms with Gasteiger partial charge in [0.25, 0.3) is 0 Å². The van der Waals surface area contributed by atoms with Crippen LogP contribution < -0.4 is 5.73 Å². The summed E-state index contributed by atoms with van der Waals surface area (Å²) >= 11 is 4.57. The van der Waals surface area contributed by atoms with Gasteiger partial charge in [-0.15, -0.1) is 0 Å². The molecule has 0 atom stereocenters. The van der Waals surface area contributed by atoms with E-state index in [1.54, 1.807) is 6.92 Å². The lowest BCUT2D eigenvalue weighted by atomic mass is 10.4. The van der Waals surface area contributed by atoms with Crippen LogP contribution in [0.3, 0.4) is 0 Å². The molecular weight excluding hydrogens is 194 g/mol. The molecule has 0 unspecified atom stereocenters. The quantitative estimate of drug-likeness (QED) is 0.531. The molecule has 0 aromatic carbocycles. The zero-order valence-corrected chi connectivity index (χ0v) is 8.67. The molecule has 0 bridgehead atoms. The zero-order chi connectivity index (χ0) is 9.78. The summed E-state index contributed by atoms with van der Waals surface area (Å²) in [5, 5.41) is 0. The fraction of sp³-hybridized carbons (Fsp3) is 0.571. The Balaban J connectivity index is 4.06. The highest BCUT2D eigenvalue weighted by Crippen LogP contribution is 1.99. The van der Waals surface area contributed by atoms with Crippen LogP contribution in [0.4, 0.5) is 0 Å². The van der Waals surface area contributed by atoms with Gasteiger partial charge in [-0.25, -0.2) is 8.42 Å². The first kappa shape index (κ1) is 11.6. The first-order valence-corrected chi connectivity index (χ1v) is 5.69. The van der Waals surface area contributed by atoms with Gasteiger partial charge in [0.1, 0.15) is 0 Å². The Bertz CT molecular complexity index is 280. The summed E-state index contributed by atoms with van der Waals surface area (Å²) in [4.78, 5) is 0.236. The first-order valence-electron chi connectivity index (χ1n) is 3.46. The Kier molecular flexibility index (Phi) is 4.41. The van der Waals surface area contributed by atoms with Gasteiger partial charge in [-0.1, -0.05) is 24.4 Å². The van der Waals surface area contributed by atoms with Crippen LogP contribution in [-0.4, -0.2) is 24.9 Å². The molecule has 0 aliphatic rings. The van der Waals surface area contributed by atoms with Crippen LogP contribution in [0.5, 0.6) is 0 Å². The maximum absolute atomic E-state index is 11.2. The van der Waals surface area contributed by atoms with Gasteiger partial charge in [-0.2, -0.15) is 0 Å². The fourth-order valence-electron chi connectivity index (χ4n) is 0.704. The maximum atomic E-state index is 11.2. The van der Waals surface area contributed by atoms with E-state index in [9.17, 15) is 8.42 Å². The molecule has 3 nitrogen and oxygen atoms in total. The highest BCUT2D eigenvalue weighted by Gasteiger charge is 2.10. The van der Waals surface area contributed by atoms with Gasteiger partial charge in [-0.3, -0.25) is 0 Å². The van der Waals surface area contributed by atoms with Gasteiger partial charge in [0.15, 0.2) is 9.84 Å². The van der Waals surface area contributed by atoms with E-state index >= 15 is 0 Å². The Morgan fingerprint density at radius 2 is 2.08 bits per heavy atom. The van der Waals surface area contributed by atoms with Gasteiger partial charge >= 0.3 is 0 Å². The van der Waals surface area contributed by atoms with Gasteiger partial charge in [0.2, 0.25) is 0 Å². The molecule has 0 spiro atoms. The van der Waals surface area contributed by atoms with Crippen molar-refractivity contribution in [1.29, 1.82) is 0 Å². The number of hydrogen-bond donors (Lipinski definition) is 1. The van der Waals surface area contributed by atoms with Gasteiger partial charge < -0.3 is 5.73 Å². The standard InChI is InChI=1S/C7H13NO2S2/c1-6(2)5-12(9,10)4-3-7(8)11/h1,3-5H2,2H3,(H2,8,11). The van der Waals surface area contributed by atoms with Crippen molar-refractivity contribution in [2.75, 3.05) is 11.5 Å². The van der Waals surface area contributed by atoms with Crippen LogP contribution in [0.25, 0.3) is 0 Å². The average Bonchev–Trinajstić information content (AvgIpc) is 1.81. The van der Waals surface area contributed by atoms with E-state index in [0.717, 1.165) is 0 Å². The van der Waals surface area contributed by atoms with Gasteiger partial charge in [0, 0.05) is 6.42 Å². The number of hydrogen-bond acceptors (Lipinski definition) is 3. The molecule has 0 aromatic heterocycles. The van der Waals surface area contributed by atoms with Crippen LogP contribution in [0.15, 0.2) is 12.2 Å². The Labute approximate surface area is 78.6 Å². The van der Waals surface area contributed by atoms with Crippen molar-refractivity contribution in [3.8, 4) is 0 Å². The Morgan fingerprint density at radius 1 is 1.58 bits per heavy atom. The highest BCUT2D eigenvalue weighted by atomic mass is 32.2. The van der Waals surface area contributed by atoms with E-state index < -0.39 is 9.84 Å². The fourth-order valence-corrected chi connectivity index (χ4v) is 2.36. The highest BCUT2D eigenvalue weighted by molar-refractivity contribution is 7.91. The van der Waals surface area contributed by atoms with E-state index in [1.165, 1.54) is 0 Å². The monoisotopic (exact) mass is 207 g/mol. The summed E-state index contributed by atoms with van der Waals surface area (Å²) in [6.45, 7) is 5.20.